The molecule has 2 N–H and O–H groups in total. The van der Waals surface area contributed by atoms with Crippen molar-refractivity contribution in [2.45, 2.75) is 66.0 Å². The molecule has 1 saturated heterocycles. The molecule has 6 atom stereocenters. The summed E-state index contributed by atoms with van der Waals surface area (Å²) in [7, 11) is 1.30. The molecule has 0 spiro atoms. The summed E-state index contributed by atoms with van der Waals surface area (Å²) in [4.78, 5) is 35.0. The molecule has 6 rings (SSSR count). The van der Waals surface area contributed by atoms with Gasteiger partial charge >= 0.3 is 35.0 Å². The number of aliphatic hydroxyl groups is 1. The zero-order valence-electron chi connectivity index (χ0n) is 26.5. The third kappa shape index (κ3) is 5.15. The van der Waals surface area contributed by atoms with E-state index in [1.807, 2.05) is 45.9 Å². The fourth-order valence-corrected chi connectivity index (χ4v) is 7.40. The van der Waals surface area contributed by atoms with Crippen LogP contribution in [0.15, 0.2) is 28.7 Å². The van der Waals surface area contributed by atoms with Gasteiger partial charge in [-0.15, -0.1) is 39.9 Å². The molecule has 0 saturated carbocycles. The molecule has 10 heteroatoms. The van der Waals surface area contributed by atoms with E-state index >= 15 is 0 Å². The predicted octanol–water partition coefficient (Wildman–Crippen LogP) is 3.24. The number of ether oxygens (including phenoxy) is 1. The number of aliphatic carboxylic acids is 1. The second-order valence-electron chi connectivity index (χ2n) is 12.1. The topological polar surface area (TPSA) is 140 Å². The standard InChI is InChI=1S/C35H36N4O5.Mg/c1-8-19-15(3)22-12-24-17(5)21(10-11-28(40)41)32(38-24)30-31(35(43)44-7)34(42)29-18(6)25(39-33(29)30)14-27-20(9-2)16(4)23(37-27)13-26(19)36-22;/h1,12-14,17,19,21,31-32,34,42H,9-11H2,2-7H3,(H,40,41);/q-4;+2/b24-12-,25-14-,26-13-;/t17-,19-,21-,31+,32?,34-;/m0./s1. The number of esters is 1. The number of carbonyl (C=O) groups excluding carboxylic acids is 1. The van der Waals surface area contributed by atoms with E-state index in [1.54, 1.807) is 0 Å². The van der Waals surface area contributed by atoms with Crippen LogP contribution in [0.2, 0.25) is 0 Å². The van der Waals surface area contributed by atoms with Gasteiger partial charge in [-0.05, 0) is 51.0 Å². The van der Waals surface area contributed by atoms with Crippen molar-refractivity contribution in [2.75, 3.05) is 7.11 Å². The van der Waals surface area contributed by atoms with Gasteiger partial charge in [-0.2, -0.15) is 5.70 Å². The Morgan fingerprint density at radius 2 is 1.80 bits per heavy atom. The molecule has 1 unspecified atom stereocenters. The summed E-state index contributed by atoms with van der Waals surface area (Å²) in [5, 5.41) is 32.6. The van der Waals surface area contributed by atoms with E-state index in [0.29, 0.717) is 34.0 Å². The van der Waals surface area contributed by atoms with Crippen LogP contribution in [0, 0.1) is 49.9 Å². The number of allylic oxidation sites excluding steroid dienone is 3. The van der Waals surface area contributed by atoms with Gasteiger partial charge in [0.2, 0.25) is 0 Å². The van der Waals surface area contributed by atoms with Crippen molar-refractivity contribution in [3.05, 3.63) is 83.7 Å². The van der Waals surface area contributed by atoms with Crippen molar-refractivity contribution >= 4 is 52.7 Å². The number of hydrogen-bond donors (Lipinski definition) is 2. The average molecular weight is 617 g/mol. The molecule has 9 nitrogen and oxygen atoms in total. The summed E-state index contributed by atoms with van der Waals surface area (Å²) in [6, 6.07) is -0.594. The molecule has 4 aliphatic rings. The number of nitrogens with zero attached hydrogens (tertiary/aromatic N) is 4. The second kappa shape index (κ2) is 12.3. The molecule has 0 radical (unpaired) electrons. The number of aromatic nitrogens is 2. The molecular weight excluding hydrogens is 581 g/mol. The fraction of sp³-hybridized carbons (Fsp3) is 0.429. The Labute approximate surface area is 279 Å². The number of aliphatic hydroxyl groups excluding tert-OH is 1. The fourth-order valence-electron chi connectivity index (χ4n) is 7.40. The number of carboxylic acids is 1. The summed E-state index contributed by atoms with van der Waals surface area (Å²) >= 11 is 0. The van der Waals surface area contributed by atoms with Crippen LogP contribution in [0.5, 0.6) is 0 Å². The van der Waals surface area contributed by atoms with Crippen LogP contribution in [0.4, 0.5) is 0 Å². The molecule has 3 aliphatic heterocycles. The minimum Gasteiger partial charge on any atom is -0.681 e. The van der Waals surface area contributed by atoms with Gasteiger partial charge in [-0.3, -0.25) is 9.59 Å². The van der Waals surface area contributed by atoms with E-state index in [4.69, 9.17) is 31.8 Å². The molecule has 2 aromatic heterocycles. The second-order valence-corrected chi connectivity index (χ2v) is 12.1. The minimum absolute atomic E-state index is 0. The molecule has 0 aromatic carbocycles. The van der Waals surface area contributed by atoms with Gasteiger partial charge in [0.25, 0.3) is 0 Å². The maximum Gasteiger partial charge on any atom is 2.00 e. The van der Waals surface area contributed by atoms with Crippen LogP contribution < -0.4 is 20.7 Å². The largest absolute Gasteiger partial charge is 2.00 e. The van der Waals surface area contributed by atoms with Crippen LogP contribution in [0.3, 0.4) is 0 Å². The minimum atomic E-state index is -1.17. The molecule has 0 amide bonds. The average Bonchev–Trinajstić information content (AvgIpc) is 3.72. The monoisotopic (exact) mass is 616 g/mol. The van der Waals surface area contributed by atoms with Crippen molar-refractivity contribution in [3.63, 3.8) is 0 Å². The van der Waals surface area contributed by atoms with Crippen molar-refractivity contribution in [3.8, 4) is 12.3 Å². The number of terminal acetylenes is 1. The van der Waals surface area contributed by atoms with Crippen molar-refractivity contribution < 1.29 is 24.5 Å². The zero-order chi connectivity index (χ0) is 31.6. The molecule has 8 bridgehead atoms. The van der Waals surface area contributed by atoms with Crippen molar-refractivity contribution in [1.82, 2.24) is 9.97 Å². The maximum atomic E-state index is 13.3. The Morgan fingerprint density at radius 1 is 1.07 bits per heavy atom. The van der Waals surface area contributed by atoms with Crippen LogP contribution >= 0.6 is 0 Å². The third-order valence-corrected chi connectivity index (χ3v) is 9.90. The zero-order valence-corrected chi connectivity index (χ0v) is 27.9. The summed E-state index contributed by atoms with van der Waals surface area (Å²) in [6.45, 7) is 10.0. The first kappa shape index (κ1) is 32.7. The quantitative estimate of drug-likeness (QED) is 0.299. The summed E-state index contributed by atoms with van der Waals surface area (Å²) in [5.74, 6) is -0.355. The Bertz CT molecular complexity index is 1850. The van der Waals surface area contributed by atoms with Gasteiger partial charge in [0.15, 0.2) is 0 Å². The normalized spacial score (nSPS) is 29.3. The van der Waals surface area contributed by atoms with Gasteiger partial charge in [0, 0.05) is 12.3 Å². The Morgan fingerprint density at radius 3 is 2.44 bits per heavy atom. The summed E-state index contributed by atoms with van der Waals surface area (Å²) in [5.41, 5.74) is 8.72. The Balaban J connectivity index is 0.00000400. The van der Waals surface area contributed by atoms with Gasteiger partial charge in [0.05, 0.1) is 13.2 Å². The van der Waals surface area contributed by atoms with Crippen LogP contribution in [0.1, 0.15) is 73.4 Å². The maximum absolute atomic E-state index is 13.3. The van der Waals surface area contributed by atoms with Gasteiger partial charge in [-0.1, -0.05) is 71.9 Å². The number of hydrogen-bond acceptors (Lipinski definition) is 4. The van der Waals surface area contributed by atoms with E-state index in [0.717, 1.165) is 51.5 Å². The van der Waals surface area contributed by atoms with E-state index in [-0.39, 0.29) is 47.2 Å². The number of methoxy groups -OCH3 is 1. The molecule has 1 aliphatic carbocycles. The van der Waals surface area contributed by atoms with Crippen molar-refractivity contribution in [2.24, 2.45) is 23.7 Å². The molecule has 45 heavy (non-hydrogen) atoms. The van der Waals surface area contributed by atoms with Gasteiger partial charge in [-0.25, -0.2) is 0 Å². The van der Waals surface area contributed by atoms with Gasteiger partial charge in [0.1, 0.15) is 5.92 Å². The Hall–Kier alpha value is -3.65. The summed E-state index contributed by atoms with van der Waals surface area (Å²) in [6.07, 6.45) is 11.7. The third-order valence-electron chi connectivity index (χ3n) is 9.90. The van der Waals surface area contributed by atoms with Crippen molar-refractivity contribution in [1.29, 1.82) is 0 Å². The summed E-state index contributed by atoms with van der Waals surface area (Å²) < 4.78 is 5.18. The SMILES string of the molecule is C#C[C@H]1C(C)=C2/C=C3\[N-]C(C4=c5[n-]/c(c(C)c5[C@H](O)[C@@H]4C(=O)OC)=C\c4[n-]c(c(C)c4CC)/C=C/1[N-]2)[C@@H](CCC(=O)O)[C@@H]3C.[Mg+2]. The van der Waals surface area contributed by atoms with Crippen LogP contribution in [-0.2, 0) is 20.7 Å². The smallest absolute Gasteiger partial charge is 0.681 e. The molecule has 1 fully saturated rings. The number of fused-ring (bicyclic) bond motifs is 8. The first-order chi connectivity index (χ1) is 21.0. The van der Waals surface area contributed by atoms with E-state index < -0.39 is 30.0 Å². The number of rotatable bonds is 5. The molecular formula is C35H36MgN4O5-2. The molecule has 5 heterocycles. The van der Waals surface area contributed by atoms with Crippen LogP contribution in [0.25, 0.3) is 28.4 Å². The van der Waals surface area contributed by atoms with E-state index in [9.17, 15) is 19.8 Å². The van der Waals surface area contributed by atoms with E-state index in [1.165, 1.54) is 7.11 Å². The van der Waals surface area contributed by atoms with E-state index in [2.05, 4.69) is 12.8 Å². The number of carboxylic acid groups (broad SMARTS) is 1. The van der Waals surface area contributed by atoms with Crippen LogP contribution in [-0.4, -0.2) is 58.4 Å². The van der Waals surface area contributed by atoms with Gasteiger partial charge < -0.3 is 35.6 Å². The first-order valence-electron chi connectivity index (χ1n) is 15.1. The predicted molar refractivity (Wildman–Crippen MR) is 172 cm³/mol. The molecule has 230 valence electrons. The Kier molecular flexibility index (Phi) is 8.93. The number of carbonyl (C=O) groups is 2. The molecule has 2 aromatic rings. The first-order valence-corrected chi connectivity index (χ1v) is 15.1.